The van der Waals surface area contributed by atoms with Gasteiger partial charge < -0.3 is 4.90 Å². The molecule has 0 aliphatic carbocycles. The van der Waals surface area contributed by atoms with Crippen LogP contribution in [0.5, 0.6) is 0 Å². The topological polar surface area (TPSA) is 58.7 Å². The van der Waals surface area contributed by atoms with Crippen LogP contribution in [0.4, 0.5) is 4.39 Å². The van der Waals surface area contributed by atoms with E-state index in [0.29, 0.717) is 5.92 Å². The summed E-state index contributed by atoms with van der Waals surface area (Å²) in [6, 6.07) is 4.96. The van der Waals surface area contributed by atoms with Crippen LogP contribution in [0.2, 0.25) is 18.1 Å². The van der Waals surface area contributed by atoms with Gasteiger partial charge >= 0.3 is 0 Å². The Hall–Kier alpha value is -0.763. The van der Waals surface area contributed by atoms with E-state index in [1.54, 1.807) is 6.07 Å². The number of hydrogen-bond acceptors (Lipinski definition) is 3. The minimum atomic E-state index is -3.24. The molecule has 1 aromatic carbocycles. The number of hydrogen-bond donors (Lipinski definition) is 1. The molecule has 0 amide bonds. The number of piperidine rings is 1. The Morgan fingerprint density at radius 3 is 2.52 bits per heavy atom. The van der Waals surface area contributed by atoms with Crippen molar-refractivity contribution < 1.29 is 8.60 Å². The number of benzene rings is 1. The van der Waals surface area contributed by atoms with Gasteiger partial charge in [-0.3, -0.25) is 4.03 Å². The van der Waals surface area contributed by atoms with Crippen molar-refractivity contribution in [2.45, 2.75) is 62.6 Å². The van der Waals surface area contributed by atoms with Crippen molar-refractivity contribution in [2.24, 2.45) is 9.17 Å². The van der Waals surface area contributed by atoms with Gasteiger partial charge in [-0.1, -0.05) is 26.8 Å². The predicted molar refractivity (Wildman–Crippen MR) is 106 cm³/mol. The zero-order valence-corrected chi connectivity index (χ0v) is 18.1. The Balaban J connectivity index is 2.38. The molecule has 1 aliphatic rings. The van der Waals surface area contributed by atoms with Gasteiger partial charge in [0.15, 0.2) is 8.24 Å². The van der Waals surface area contributed by atoms with Crippen LogP contribution in [0.3, 0.4) is 0 Å². The van der Waals surface area contributed by atoms with Crippen molar-refractivity contribution in [3.63, 3.8) is 0 Å². The largest absolute Gasteiger partial charge is 0.306 e. The molecule has 0 bridgehead atoms. The van der Waals surface area contributed by atoms with E-state index in [2.05, 4.69) is 36.7 Å². The van der Waals surface area contributed by atoms with Crippen LogP contribution in [0, 0.1) is 5.82 Å². The quantitative estimate of drug-likeness (QED) is 0.787. The summed E-state index contributed by atoms with van der Waals surface area (Å²) in [6.07, 6.45) is 2.16. The maximum Gasteiger partial charge on any atom is 0.195 e. The molecule has 1 fully saturated rings. The van der Waals surface area contributed by atoms with Crippen LogP contribution in [0.15, 0.2) is 27.1 Å². The van der Waals surface area contributed by atoms with Crippen molar-refractivity contribution in [1.29, 1.82) is 0 Å². The molecule has 142 valence electrons. The van der Waals surface area contributed by atoms with Gasteiger partial charge in [0, 0.05) is 6.54 Å². The standard InChI is InChI=1S/C18H32FN3OSSi/c1-18(2,3)25(5,6)21-24(20,23)17-10-9-14(12-16(17)19)15-8-7-11-22(4)13-15/h9-10,12,15H,7-8,11,13H2,1-6H3,(H2,20,21,23). The van der Waals surface area contributed by atoms with Gasteiger partial charge in [0.1, 0.15) is 15.7 Å². The Labute approximate surface area is 153 Å². The van der Waals surface area contributed by atoms with Crippen molar-refractivity contribution >= 4 is 18.2 Å². The third-order valence-corrected chi connectivity index (χ3v) is 13.1. The number of likely N-dealkylation sites (N-methyl/N-ethyl adjacent to an activating group) is 1. The third-order valence-electron chi connectivity index (χ3n) is 5.57. The second-order valence-corrected chi connectivity index (χ2v) is 15.7. The molecule has 0 radical (unpaired) electrons. The normalized spacial score (nSPS) is 22.5. The van der Waals surface area contributed by atoms with E-state index in [1.165, 1.54) is 6.07 Å². The van der Waals surface area contributed by atoms with Crippen LogP contribution in [0.1, 0.15) is 45.1 Å². The number of rotatable bonds is 3. The Kier molecular flexibility index (Phi) is 5.83. The fourth-order valence-electron chi connectivity index (χ4n) is 2.97. The molecule has 1 aliphatic heterocycles. The predicted octanol–water partition coefficient (Wildman–Crippen LogP) is 4.34. The monoisotopic (exact) mass is 385 g/mol. The van der Waals surface area contributed by atoms with Gasteiger partial charge in [0.2, 0.25) is 0 Å². The molecule has 25 heavy (non-hydrogen) atoms. The van der Waals surface area contributed by atoms with Crippen LogP contribution < -0.4 is 5.14 Å². The lowest BCUT2D eigenvalue weighted by Gasteiger charge is -2.33. The van der Waals surface area contributed by atoms with E-state index in [0.717, 1.165) is 31.5 Å². The highest BCUT2D eigenvalue weighted by Gasteiger charge is 2.37. The zero-order valence-electron chi connectivity index (χ0n) is 16.3. The lowest BCUT2D eigenvalue weighted by atomic mass is 9.91. The summed E-state index contributed by atoms with van der Waals surface area (Å²) in [4.78, 5) is 2.30. The van der Waals surface area contributed by atoms with E-state index in [9.17, 15) is 8.60 Å². The first-order chi connectivity index (χ1) is 11.3. The Morgan fingerprint density at radius 1 is 1.36 bits per heavy atom. The van der Waals surface area contributed by atoms with E-state index >= 15 is 0 Å². The minimum Gasteiger partial charge on any atom is -0.306 e. The maximum absolute atomic E-state index is 14.8. The third kappa shape index (κ3) is 4.70. The molecule has 2 rings (SSSR count). The number of likely N-dealkylation sites (tertiary alicyclic amines) is 1. The fraction of sp³-hybridized carbons (Fsp3) is 0.667. The molecule has 0 spiro atoms. The molecule has 7 heteroatoms. The summed E-state index contributed by atoms with van der Waals surface area (Å²) < 4.78 is 32.3. The highest BCUT2D eigenvalue weighted by Crippen LogP contribution is 2.38. The molecule has 1 heterocycles. The summed E-state index contributed by atoms with van der Waals surface area (Å²) in [5, 5.41) is 5.92. The molecular formula is C18H32FN3OSSi. The number of nitrogens with two attached hydrogens (primary N) is 1. The van der Waals surface area contributed by atoms with Gasteiger partial charge in [-0.25, -0.2) is 13.7 Å². The second-order valence-electron chi connectivity index (χ2n) is 8.76. The molecule has 1 aromatic rings. The average Bonchev–Trinajstić information content (AvgIpc) is 2.44. The van der Waals surface area contributed by atoms with Crippen molar-refractivity contribution in [1.82, 2.24) is 4.90 Å². The molecule has 1 saturated heterocycles. The fourth-order valence-corrected chi connectivity index (χ4v) is 7.77. The number of halogens is 1. The first-order valence-corrected chi connectivity index (χ1v) is 13.4. The number of nitrogens with zero attached hydrogens (tertiary/aromatic N) is 2. The SMILES string of the molecule is CN1CCCC(c2ccc(S(N)(=O)=N[Si](C)(C)C(C)(C)C)c(F)c2)C1. The van der Waals surface area contributed by atoms with Gasteiger partial charge in [-0.05, 0) is 68.2 Å². The highest BCUT2D eigenvalue weighted by molar-refractivity contribution is 7.92. The zero-order chi connectivity index (χ0) is 19.0. The molecule has 4 nitrogen and oxygen atoms in total. The second kappa shape index (κ2) is 7.10. The van der Waals surface area contributed by atoms with Crippen LogP contribution in [-0.2, 0) is 9.92 Å². The van der Waals surface area contributed by atoms with Crippen molar-refractivity contribution in [2.75, 3.05) is 20.1 Å². The molecule has 2 atom stereocenters. The smallest absolute Gasteiger partial charge is 0.195 e. The Bertz CT molecular complexity index is 751. The maximum atomic E-state index is 14.8. The van der Waals surface area contributed by atoms with Crippen LogP contribution in [0.25, 0.3) is 0 Å². The van der Waals surface area contributed by atoms with E-state index in [4.69, 9.17) is 5.14 Å². The van der Waals surface area contributed by atoms with Gasteiger partial charge in [0.25, 0.3) is 0 Å². The van der Waals surface area contributed by atoms with Gasteiger partial charge in [0.05, 0.1) is 4.90 Å². The van der Waals surface area contributed by atoms with Gasteiger partial charge in [-0.15, -0.1) is 0 Å². The van der Waals surface area contributed by atoms with E-state index in [1.807, 2.05) is 19.2 Å². The first kappa shape index (κ1) is 20.5. The molecular weight excluding hydrogens is 353 g/mol. The summed E-state index contributed by atoms with van der Waals surface area (Å²) in [5.74, 6) is -0.186. The lowest BCUT2D eigenvalue weighted by Crippen LogP contribution is -2.37. The molecule has 2 unspecified atom stereocenters. The minimum absolute atomic E-state index is 0.0326. The molecule has 0 aromatic heterocycles. The molecule has 0 saturated carbocycles. The summed E-state index contributed by atoms with van der Waals surface area (Å²) >= 11 is 0. The summed E-state index contributed by atoms with van der Waals surface area (Å²) in [6.45, 7) is 12.2. The van der Waals surface area contributed by atoms with Crippen molar-refractivity contribution in [3.8, 4) is 0 Å². The van der Waals surface area contributed by atoms with E-state index in [-0.39, 0.29) is 9.93 Å². The first-order valence-electron chi connectivity index (χ1n) is 8.87. The summed E-state index contributed by atoms with van der Waals surface area (Å²) in [7, 11) is -3.40. The van der Waals surface area contributed by atoms with Crippen LogP contribution >= 0.6 is 0 Å². The van der Waals surface area contributed by atoms with Crippen molar-refractivity contribution in [3.05, 3.63) is 29.6 Å². The molecule has 2 N–H and O–H groups in total. The summed E-state index contributed by atoms with van der Waals surface area (Å²) in [5.41, 5.74) is 0.954. The van der Waals surface area contributed by atoms with E-state index < -0.39 is 24.0 Å². The highest BCUT2D eigenvalue weighted by atomic mass is 32.2. The average molecular weight is 386 g/mol. The van der Waals surface area contributed by atoms with Crippen LogP contribution in [-0.4, -0.2) is 37.5 Å². The lowest BCUT2D eigenvalue weighted by molar-refractivity contribution is 0.250. The Morgan fingerprint density at radius 2 is 2.00 bits per heavy atom. The van der Waals surface area contributed by atoms with Gasteiger partial charge in [-0.2, -0.15) is 0 Å².